The number of anilines is 1. The Morgan fingerprint density at radius 3 is 2.09 bits per heavy atom. The summed E-state index contributed by atoms with van der Waals surface area (Å²) >= 11 is 12.8. The number of nitrogens with two attached hydrogens (primary N) is 1. The summed E-state index contributed by atoms with van der Waals surface area (Å²) in [6.45, 7) is 0. The number of nitrogen functional groups attached to an aromatic ring is 1. The SMILES string of the molecule is CSc1c(Cl)nc(N)nc1Cl. The van der Waals surface area contributed by atoms with Gasteiger partial charge in [-0.2, -0.15) is 0 Å². The van der Waals surface area contributed by atoms with Crippen molar-refractivity contribution < 1.29 is 0 Å². The zero-order valence-electron chi connectivity index (χ0n) is 5.64. The molecule has 0 saturated heterocycles. The van der Waals surface area contributed by atoms with Crippen molar-refractivity contribution in [2.24, 2.45) is 0 Å². The molecule has 0 spiro atoms. The summed E-state index contributed by atoms with van der Waals surface area (Å²) in [6, 6.07) is 0. The van der Waals surface area contributed by atoms with Crippen LogP contribution < -0.4 is 5.73 Å². The third-order valence-corrected chi connectivity index (χ3v) is 2.57. The van der Waals surface area contributed by atoms with Crippen molar-refractivity contribution >= 4 is 40.9 Å². The van der Waals surface area contributed by atoms with Crippen LogP contribution in [0.15, 0.2) is 4.90 Å². The van der Waals surface area contributed by atoms with Gasteiger partial charge in [0.25, 0.3) is 0 Å². The average Bonchev–Trinajstić information content (AvgIpc) is 1.85. The molecule has 1 aromatic heterocycles. The lowest BCUT2D eigenvalue weighted by Crippen LogP contribution is -1.96. The number of halogens is 2. The highest BCUT2D eigenvalue weighted by atomic mass is 35.5. The molecule has 0 atom stereocenters. The van der Waals surface area contributed by atoms with Gasteiger partial charge < -0.3 is 5.73 Å². The molecule has 0 aliphatic heterocycles. The van der Waals surface area contributed by atoms with Gasteiger partial charge in [0, 0.05) is 0 Å². The smallest absolute Gasteiger partial charge is 0.222 e. The summed E-state index contributed by atoms with van der Waals surface area (Å²) < 4.78 is 0. The molecule has 0 radical (unpaired) electrons. The van der Waals surface area contributed by atoms with E-state index in [2.05, 4.69) is 9.97 Å². The van der Waals surface area contributed by atoms with Gasteiger partial charge in [-0.05, 0) is 6.26 Å². The van der Waals surface area contributed by atoms with Crippen LogP contribution >= 0.6 is 35.0 Å². The lowest BCUT2D eigenvalue weighted by molar-refractivity contribution is 1.12. The molecule has 60 valence electrons. The third kappa shape index (κ3) is 1.89. The number of hydrogen-bond donors (Lipinski definition) is 1. The Bertz CT molecular complexity index is 255. The molecular weight excluding hydrogens is 205 g/mol. The molecule has 3 nitrogen and oxygen atoms in total. The molecule has 0 unspecified atom stereocenters. The Morgan fingerprint density at radius 1 is 1.27 bits per heavy atom. The molecule has 0 fully saturated rings. The van der Waals surface area contributed by atoms with E-state index >= 15 is 0 Å². The molecule has 1 aromatic rings. The summed E-state index contributed by atoms with van der Waals surface area (Å²) in [5.74, 6) is 0.0952. The quantitative estimate of drug-likeness (QED) is 0.569. The van der Waals surface area contributed by atoms with Gasteiger partial charge >= 0.3 is 0 Å². The first kappa shape index (κ1) is 8.90. The van der Waals surface area contributed by atoms with E-state index in [0.29, 0.717) is 15.2 Å². The normalized spacial score (nSPS) is 10.1. The fourth-order valence-electron chi connectivity index (χ4n) is 0.581. The van der Waals surface area contributed by atoms with Gasteiger partial charge in [-0.1, -0.05) is 23.2 Å². The lowest BCUT2D eigenvalue weighted by atomic mass is 10.6. The summed E-state index contributed by atoms with van der Waals surface area (Å²) in [5, 5.41) is 0.602. The summed E-state index contributed by atoms with van der Waals surface area (Å²) in [6.07, 6.45) is 1.84. The first-order valence-electron chi connectivity index (χ1n) is 2.67. The van der Waals surface area contributed by atoms with E-state index in [-0.39, 0.29) is 5.95 Å². The summed E-state index contributed by atoms with van der Waals surface area (Å²) in [5.41, 5.74) is 5.28. The van der Waals surface area contributed by atoms with Crippen LogP contribution in [0.1, 0.15) is 0 Å². The molecule has 1 rings (SSSR count). The van der Waals surface area contributed by atoms with E-state index in [4.69, 9.17) is 28.9 Å². The minimum Gasteiger partial charge on any atom is -0.368 e. The largest absolute Gasteiger partial charge is 0.368 e. The molecule has 6 heteroatoms. The molecule has 1 heterocycles. The van der Waals surface area contributed by atoms with Crippen molar-refractivity contribution in [3.63, 3.8) is 0 Å². The number of hydrogen-bond acceptors (Lipinski definition) is 4. The molecule has 0 aliphatic rings. The first-order valence-corrected chi connectivity index (χ1v) is 4.65. The average molecular weight is 210 g/mol. The topological polar surface area (TPSA) is 51.8 Å². The van der Waals surface area contributed by atoms with Crippen molar-refractivity contribution in [1.82, 2.24) is 9.97 Å². The van der Waals surface area contributed by atoms with Crippen LogP contribution in [-0.4, -0.2) is 16.2 Å². The minimum atomic E-state index is 0.0952. The van der Waals surface area contributed by atoms with E-state index in [1.54, 1.807) is 0 Å². The fraction of sp³-hybridized carbons (Fsp3) is 0.200. The zero-order valence-corrected chi connectivity index (χ0v) is 7.96. The van der Waals surface area contributed by atoms with Gasteiger partial charge in [0.1, 0.15) is 10.3 Å². The molecule has 0 amide bonds. The highest BCUT2D eigenvalue weighted by Crippen LogP contribution is 2.29. The van der Waals surface area contributed by atoms with Crippen LogP contribution in [0, 0.1) is 0 Å². The molecule has 0 saturated carbocycles. The molecule has 0 aliphatic carbocycles. The van der Waals surface area contributed by atoms with E-state index in [0.717, 1.165) is 0 Å². The van der Waals surface area contributed by atoms with Crippen molar-refractivity contribution in [3.05, 3.63) is 10.3 Å². The second kappa shape index (κ2) is 3.47. The molecule has 0 bridgehead atoms. The third-order valence-electron chi connectivity index (χ3n) is 1.00. The Labute approximate surface area is 78.3 Å². The van der Waals surface area contributed by atoms with Gasteiger partial charge in [0.05, 0.1) is 4.90 Å². The monoisotopic (exact) mass is 209 g/mol. The van der Waals surface area contributed by atoms with Gasteiger partial charge in [0.2, 0.25) is 5.95 Å². The van der Waals surface area contributed by atoms with Crippen LogP contribution in [0.5, 0.6) is 0 Å². The highest BCUT2D eigenvalue weighted by Gasteiger charge is 2.07. The van der Waals surface area contributed by atoms with Crippen molar-refractivity contribution in [1.29, 1.82) is 0 Å². The molecule has 11 heavy (non-hydrogen) atoms. The Morgan fingerprint density at radius 2 is 1.73 bits per heavy atom. The van der Waals surface area contributed by atoms with Crippen LogP contribution in [0.3, 0.4) is 0 Å². The predicted molar refractivity (Wildman–Crippen MR) is 48.2 cm³/mol. The standard InChI is InChI=1S/C5H5Cl2N3S/c1-11-2-3(6)9-5(8)10-4(2)7/h1H3,(H2,8,9,10). The summed E-state index contributed by atoms with van der Waals surface area (Å²) in [4.78, 5) is 8.12. The number of nitrogens with zero attached hydrogens (tertiary/aromatic N) is 2. The van der Waals surface area contributed by atoms with Crippen LogP contribution in [0.25, 0.3) is 0 Å². The second-order valence-electron chi connectivity index (χ2n) is 1.70. The predicted octanol–water partition coefficient (Wildman–Crippen LogP) is 2.09. The maximum Gasteiger partial charge on any atom is 0.222 e. The second-order valence-corrected chi connectivity index (χ2v) is 3.23. The van der Waals surface area contributed by atoms with Gasteiger partial charge in [-0.3, -0.25) is 0 Å². The molecule has 2 N–H and O–H groups in total. The van der Waals surface area contributed by atoms with E-state index in [1.807, 2.05) is 6.26 Å². The van der Waals surface area contributed by atoms with E-state index in [9.17, 15) is 0 Å². The van der Waals surface area contributed by atoms with Crippen molar-refractivity contribution in [3.8, 4) is 0 Å². The highest BCUT2D eigenvalue weighted by molar-refractivity contribution is 7.98. The first-order chi connectivity index (χ1) is 5.15. The van der Waals surface area contributed by atoms with Gasteiger partial charge in [-0.25, -0.2) is 9.97 Å². The molecule has 0 aromatic carbocycles. The van der Waals surface area contributed by atoms with Gasteiger partial charge in [0.15, 0.2) is 0 Å². The lowest BCUT2D eigenvalue weighted by Gasteiger charge is -2.01. The fourth-order valence-corrected chi connectivity index (χ4v) is 1.87. The maximum absolute atomic E-state index is 5.70. The van der Waals surface area contributed by atoms with Crippen LogP contribution in [0.4, 0.5) is 5.95 Å². The minimum absolute atomic E-state index is 0.0952. The van der Waals surface area contributed by atoms with E-state index in [1.165, 1.54) is 11.8 Å². The number of aromatic nitrogens is 2. The van der Waals surface area contributed by atoms with Crippen LogP contribution in [0.2, 0.25) is 10.3 Å². The van der Waals surface area contributed by atoms with Crippen LogP contribution in [-0.2, 0) is 0 Å². The van der Waals surface area contributed by atoms with Crippen molar-refractivity contribution in [2.45, 2.75) is 4.90 Å². The Kier molecular flexibility index (Phi) is 2.81. The maximum atomic E-state index is 5.70. The Hall–Kier alpha value is -0.190. The van der Waals surface area contributed by atoms with Crippen molar-refractivity contribution in [2.75, 3.05) is 12.0 Å². The summed E-state index contributed by atoms with van der Waals surface area (Å²) in [7, 11) is 0. The Balaban J connectivity index is 3.25. The number of thioether (sulfide) groups is 1. The van der Waals surface area contributed by atoms with E-state index < -0.39 is 0 Å². The number of rotatable bonds is 1. The zero-order chi connectivity index (χ0) is 8.43. The molecular formula is C5H5Cl2N3S. The van der Waals surface area contributed by atoms with Gasteiger partial charge in [-0.15, -0.1) is 11.8 Å².